The SMILES string of the molecule is O=C(Nc1ccc(Cl)cc1)c1cc2ccccc2oc1=Nc1ccc(F)cc1Cl. The van der Waals surface area contributed by atoms with Gasteiger partial charge in [0.25, 0.3) is 5.91 Å². The van der Waals surface area contributed by atoms with Crippen molar-refractivity contribution < 1.29 is 13.6 Å². The topological polar surface area (TPSA) is 54.6 Å². The summed E-state index contributed by atoms with van der Waals surface area (Å²) in [7, 11) is 0. The molecule has 0 aliphatic rings. The number of nitrogens with zero attached hydrogens (tertiary/aromatic N) is 1. The van der Waals surface area contributed by atoms with Gasteiger partial charge in [-0.1, -0.05) is 41.4 Å². The van der Waals surface area contributed by atoms with Gasteiger partial charge in [-0.3, -0.25) is 4.79 Å². The van der Waals surface area contributed by atoms with E-state index in [1.807, 2.05) is 18.2 Å². The van der Waals surface area contributed by atoms with Crippen molar-refractivity contribution in [3.63, 3.8) is 0 Å². The molecule has 0 saturated carbocycles. The second-order valence-electron chi connectivity index (χ2n) is 6.17. The summed E-state index contributed by atoms with van der Waals surface area (Å²) in [4.78, 5) is 17.3. The maximum absolute atomic E-state index is 13.3. The minimum absolute atomic E-state index is 0.0590. The fourth-order valence-corrected chi connectivity index (χ4v) is 3.06. The van der Waals surface area contributed by atoms with Crippen molar-refractivity contribution in [1.29, 1.82) is 0 Å². The van der Waals surface area contributed by atoms with Gasteiger partial charge in [0, 0.05) is 16.1 Å². The van der Waals surface area contributed by atoms with Crippen molar-refractivity contribution in [2.45, 2.75) is 0 Å². The average molecular weight is 427 g/mol. The molecule has 1 aromatic heterocycles. The molecule has 29 heavy (non-hydrogen) atoms. The number of hydrogen-bond acceptors (Lipinski definition) is 3. The number of halogens is 3. The van der Waals surface area contributed by atoms with E-state index >= 15 is 0 Å². The van der Waals surface area contributed by atoms with E-state index in [1.165, 1.54) is 12.1 Å². The highest BCUT2D eigenvalue weighted by atomic mass is 35.5. The predicted molar refractivity (Wildman–Crippen MR) is 112 cm³/mol. The van der Waals surface area contributed by atoms with Gasteiger partial charge in [0.15, 0.2) is 0 Å². The highest BCUT2D eigenvalue weighted by Crippen LogP contribution is 2.25. The van der Waals surface area contributed by atoms with Gasteiger partial charge in [-0.15, -0.1) is 0 Å². The van der Waals surface area contributed by atoms with Crippen molar-refractivity contribution in [3.05, 3.63) is 99.8 Å². The molecule has 4 rings (SSSR count). The quantitative estimate of drug-likeness (QED) is 0.414. The van der Waals surface area contributed by atoms with E-state index in [2.05, 4.69) is 10.3 Å². The number of anilines is 1. The van der Waals surface area contributed by atoms with Crippen molar-refractivity contribution in [2.24, 2.45) is 4.99 Å². The minimum atomic E-state index is -0.481. The Labute approximate surface area is 175 Å². The first kappa shape index (κ1) is 19.2. The molecule has 0 saturated heterocycles. The molecule has 1 N–H and O–H groups in total. The first-order valence-electron chi connectivity index (χ1n) is 8.59. The van der Waals surface area contributed by atoms with Crippen molar-refractivity contribution in [2.75, 3.05) is 5.32 Å². The van der Waals surface area contributed by atoms with Crippen LogP contribution in [0.3, 0.4) is 0 Å². The molecular formula is C22H13Cl2FN2O2. The molecule has 1 heterocycles. The second kappa shape index (κ2) is 8.07. The molecule has 0 atom stereocenters. The summed E-state index contributed by atoms with van der Waals surface area (Å²) < 4.78 is 19.2. The van der Waals surface area contributed by atoms with Crippen molar-refractivity contribution in [1.82, 2.24) is 0 Å². The van der Waals surface area contributed by atoms with E-state index in [4.69, 9.17) is 27.6 Å². The van der Waals surface area contributed by atoms with Crippen LogP contribution >= 0.6 is 23.2 Å². The monoisotopic (exact) mass is 426 g/mol. The Morgan fingerprint density at radius 2 is 1.72 bits per heavy atom. The summed E-state index contributed by atoms with van der Waals surface area (Å²) in [6.07, 6.45) is 0. The summed E-state index contributed by atoms with van der Waals surface area (Å²) in [5.74, 6) is -0.899. The standard InChI is InChI=1S/C22H13Cl2FN2O2/c23-14-5-8-16(9-6-14)26-21(28)17-11-13-3-1-2-4-20(13)29-22(17)27-19-10-7-15(25)12-18(19)24/h1-12H,(H,26,28). The predicted octanol–water partition coefficient (Wildman–Crippen LogP) is 6.36. The van der Waals surface area contributed by atoms with Gasteiger partial charge in [-0.2, -0.15) is 0 Å². The van der Waals surface area contributed by atoms with Crippen LogP contribution in [-0.2, 0) is 0 Å². The highest BCUT2D eigenvalue weighted by Gasteiger charge is 2.14. The fraction of sp³-hybridized carbons (Fsp3) is 0. The van der Waals surface area contributed by atoms with Crippen molar-refractivity contribution in [3.8, 4) is 0 Å². The molecule has 144 valence electrons. The first-order chi connectivity index (χ1) is 14.0. The normalized spacial score (nSPS) is 11.6. The van der Waals surface area contributed by atoms with E-state index in [-0.39, 0.29) is 21.8 Å². The van der Waals surface area contributed by atoms with E-state index < -0.39 is 11.7 Å². The van der Waals surface area contributed by atoms with E-state index in [1.54, 1.807) is 36.4 Å². The average Bonchev–Trinajstić information content (AvgIpc) is 2.71. The number of hydrogen-bond donors (Lipinski definition) is 1. The van der Waals surface area contributed by atoms with Crippen LogP contribution in [0.25, 0.3) is 11.0 Å². The number of nitrogens with one attached hydrogen (secondary N) is 1. The smallest absolute Gasteiger partial charge is 0.261 e. The summed E-state index contributed by atoms with van der Waals surface area (Å²) in [6, 6.07) is 19.4. The summed E-state index contributed by atoms with van der Waals surface area (Å²) in [5.41, 5.74) is 1.67. The number of para-hydroxylation sites is 1. The zero-order valence-corrected chi connectivity index (χ0v) is 16.3. The Bertz CT molecular complexity index is 1280. The number of carbonyl (C=O) groups excluding carboxylic acids is 1. The lowest BCUT2D eigenvalue weighted by Gasteiger charge is -2.07. The fourth-order valence-electron chi connectivity index (χ4n) is 2.73. The summed E-state index contributed by atoms with van der Waals surface area (Å²) >= 11 is 12.0. The summed E-state index contributed by atoms with van der Waals surface area (Å²) in [5, 5.41) is 4.19. The molecule has 4 nitrogen and oxygen atoms in total. The minimum Gasteiger partial charge on any atom is -0.438 e. The molecule has 7 heteroatoms. The summed E-state index contributed by atoms with van der Waals surface area (Å²) in [6.45, 7) is 0. The third kappa shape index (κ3) is 4.31. The van der Waals surface area contributed by atoms with Crippen LogP contribution < -0.4 is 10.9 Å². The Hall–Kier alpha value is -3.15. The molecule has 0 bridgehead atoms. The maximum Gasteiger partial charge on any atom is 0.261 e. The largest absolute Gasteiger partial charge is 0.438 e. The lowest BCUT2D eigenvalue weighted by molar-refractivity contribution is 0.102. The lowest BCUT2D eigenvalue weighted by Crippen LogP contribution is -2.21. The number of benzene rings is 3. The van der Waals surface area contributed by atoms with Crippen LogP contribution in [-0.4, -0.2) is 5.91 Å². The van der Waals surface area contributed by atoms with Gasteiger partial charge in [0.2, 0.25) is 5.55 Å². The zero-order valence-electron chi connectivity index (χ0n) is 14.8. The number of rotatable bonds is 3. The molecule has 0 aliphatic carbocycles. The number of amides is 1. The molecular weight excluding hydrogens is 414 g/mol. The molecule has 3 aromatic carbocycles. The van der Waals surface area contributed by atoms with E-state index in [9.17, 15) is 9.18 Å². The van der Waals surface area contributed by atoms with Crippen molar-refractivity contribution >= 4 is 51.5 Å². The van der Waals surface area contributed by atoms with E-state index in [0.717, 1.165) is 11.5 Å². The first-order valence-corrected chi connectivity index (χ1v) is 9.35. The van der Waals surface area contributed by atoms with Gasteiger partial charge in [-0.25, -0.2) is 9.38 Å². The maximum atomic E-state index is 13.3. The number of fused-ring (bicyclic) bond motifs is 1. The van der Waals surface area contributed by atoms with Crippen LogP contribution in [0.1, 0.15) is 10.4 Å². The molecule has 0 fully saturated rings. The Morgan fingerprint density at radius 1 is 0.966 bits per heavy atom. The van der Waals surface area contributed by atoms with Crippen LogP contribution in [0.15, 0.2) is 82.2 Å². The molecule has 1 amide bonds. The second-order valence-corrected chi connectivity index (χ2v) is 7.02. The Kier molecular flexibility index (Phi) is 5.34. The Morgan fingerprint density at radius 3 is 2.48 bits per heavy atom. The van der Waals surface area contributed by atoms with Crippen LogP contribution in [0.5, 0.6) is 0 Å². The Balaban J connectivity index is 1.84. The molecule has 0 radical (unpaired) electrons. The van der Waals surface area contributed by atoms with Gasteiger partial charge in [-0.05, 0) is 54.6 Å². The van der Waals surface area contributed by atoms with Gasteiger partial charge >= 0.3 is 0 Å². The van der Waals surface area contributed by atoms with Gasteiger partial charge in [0.05, 0.1) is 10.7 Å². The third-order valence-corrected chi connectivity index (χ3v) is 4.69. The molecule has 0 unspecified atom stereocenters. The molecule has 0 spiro atoms. The van der Waals surface area contributed by atoms with Gasteiger partial charge < -0.3 is 9.73 Å². The lowest BCUT2D eigenvalue weighted by atomic mass is 10.1. The van der Waals surface area contributed by atoms with Crippen LogP contribution in [0, 0.1) is 5.82 Å². The molecule has 0 aliphatic heterocycles. The highest BCUT2D eigenvalue weighted by molar-refractivity contribution is 6.33. The zero-order chi connectivity index (χ0) is 20.4. The number of carbonyl (C=O) groups is 1. The van der Waals surface area contributed by atoms with E-state index in [0.29, 0.717) is 16.3 Å². The third-order valence-electron chi connectivity index (χ3n) is 4.13. The van der Waals surface area contributed by atoms with Crippen LogP contribution in [0.4, 0.5) is 15.8 Å². The molecule has 4 aromatic rings. The van der Waals surface area contributed by atoms with Gasteiger partial charge in [0.1, 0.15) is 17.0 Å². The van der Waals surface area contributed by atoms with Crippen LogP contribution in [0.2, 0.25) is 10.0 Å².